The number of amides is 1. The lowest BCUT2D eigenvalue weighted by molar-refractivity contribution is -0.127. The van der Waals surface area contributed by atoms with Gasteiger partial charge in [-0.2, -0.15) is 0 Å². The molecule has 1 N–H and O–H groups in total. The van der Waals surface area contributed by atoms with Crippen LogP contribution in [-0.4, -0.2) is 17.7 Å². The number of carbonyl (C=O) groups is 2. The number of unbranched alkanes of at least 4 members (excludes halogenated alkanes) is 11. The van der Waals surface area contributed by atoms with E-state index in [2.05, 4.69) is 24.4 Å². The minimum atomic E-state index is -0.333. The number of nitrogens with one attached hydrogen (secondary N) is 1. The van der Waals surface area contributed by atoms with Crippen LogP contribution in [0, 0.1) is 5.92 Å². The van der Waals surface area contributed by atoms with E-state index in [0.717, 1.165) is 12.8 Å². The van der Waals surface area contributed by atoms with Crippen LogP contribution in [0.5, 0.6) is 0 Å². The van der Waals surface area contributed by atoms with Gasteiger partial charge in [-0.25, -0.2) is 0 Å². The molecule has 1 atom stereocenters. The molecule has 27 heavy (non-hydrogen) atoms. The molecule has 0 saturated carbocycles. The van der Waals surface area contributed by atoms with E-state index < -0.39 is 0 Å². The van der Waals surface area contributed by atoms with Crippen LogP contribution in [0.1, 0.15) is 118 Å². The topological polar surface area (TPSA) is 46.2 Å². The highest BCUT2D eigenvalue weighted by Crippen LogP contribution is 2.10. The molecule has 0 saturated heterocycles. The Morgan fingerprint density at radius 1 is 0.778 bits per heavy atom. The molecule has 0 rings (SSSR count). The van der Waals surface area contributed by atoms with Gasteiger partial charge in [0.25, 0.3) is 0 Å². The summed E-state index contributed by atoms with van der Waals surface area (Å²) in [6.45, 7) is 7.74. The lowest BCUT2D eigenvalue weighted by Crippen LogP contribution is -2.43. The Morgan fingerprint density at radius 2 is 1.26 bits per heavy atom. The summed E-state index contributed by atoms with van der Waals surface area (Å²) in [4.78, 5) is 23.4. The standard InChI is InChI=1S/C24H45NO2/c1-5-6-7-8-9-10-11-12-13-14-15-16-17-18-19-20-23(27)25-24(21(2)3)22(4)26/h12-13,21,24H,5-11,14-20H2,1-4H3,(H,25,27)/b13-12-/t24-/m0/s1. The maximum absolute atomic E-state index is 11.9. The Bertz CT molecular complexity index is 401. The summed E-state index contributed by atoms with van der Waals surface area (Å²) in [5.41, 5.74) is 0. The SMILES string of the molecule is CCCCCCCC/C=C\CCCCCCCC(=O)N[C@H](C(C)=O)C(C)C. The fourth-order valence-corrected chi connectivity index (χ4v) is 3.34. The van der Waals surface area contributed by atoms with E-state index >= 15 is 0 Å². The number of carbonyl (C=O) groups excluding carboxylic acids is 2. The number of hydrogen-bond donors (Lipinski definition) is 1. The average Bonchev–Trinajstić information content (AvgIpc) is 2.62. The highest BCUT2D eigenvalue weighted by Gasteiger charge is 2.19. The predicted molar refractivity (Wildman–Crippen MR) is 117 cm³/mol. The van der Waals surface area contributed by atoms with Crippen molar-refractivity contribution in [1.82, 2.24) is 5.32 Å². The second kappa shape index (κ2) is 18.3. The van der Waals surface area contributed by atoms with Gasteiger partial charge >= 0.3 is 0 Å². The Kier molecular flexibility index (Phi) is 17.5. The molecule has 0 heterocycles. The van der Waals surface area contributed by atoms with Crippen LogP contribution < -0.4 is 5.32 Å². The molecule has 0 aliphatic heterocycles. The monoisotopic (exact) mass is 379 g/mol. The lowest BCUT2D eigenvalue weighted by Gasteiger charge is -2.19. The number of rotatable bonds is 18. The first kappa shape index (κ1) is 25.9. The van der Waals surface area contributed by atoms with E-state index in [1.165, 1.54) is 70.6 Å². The van der Waals surface area contributed by atoms with Crippen LogP contribution in [0.3, 0.4) is 0 Å². The van der Waals surface area contributed by atoms with Crippen molar-refractivity contribution in [3.05, 3.63) is 12.2 Å². The molecule has 0 bridgehead atoms. The zero-order chi connectivity index (χ0) is 20.3. The van der Waals surface area contributed by atoms with E-state index in [1.54, 1.807) is 6.92 Å². The van der Waals surface area contributed by atoms with Crippen LogP contribution in [0.2, 0.25) is 0 Å². The molecule has 0 spiro atoms. The van der Waals surface area contributed by atoms with E-state index in [1.807, 2.05) is 13.8 Å². The van der Waals surface area contributed by atoms with Gasteiger partial charge in [0.05, 0.1) is 6.04 Å². The Hall–Kier alpha value is -1.12. The minimum Gasteiger partial charge on any atom is -0.346 e. The highest BCUT2D eigenvalue weighted by atomic mass is 16.2. The molecule has 0 aromatic carbocycles. The van der Waals surface area contributed by atoms with Crippen molar-refractivity contribution in [2.24, 2.45) is 5.92 Å². The number of allylic oxidation sites excluding steroid dienone is 2. The van der Waals surface area contributed by atoms with Crippen molar-refractivity contribution in [1.29, 1.82) is 0 Å². The second-order valence-electron chi connectivity index (χ2n) is 8.23. The van der Waals surface area contributed by atoms with Gasteiger partial charge in [0.2, 0.25) is 5.91 Å². The van der Waals surface area contributed by atoms with Crippen LogP contribution in [-0.2, 0) is 9.59 Å². The number of Topliss-reactive ketones (excluding diaryl/α,β-unsaturated/α-hetero) is 1. The van der Waals surface area contributed by atoms with Gasteiger partial charge in [-0.1, -0.05) is 84.3 Å². The summed E-state index contributed by atoms with van der Waals surface area (Å²) in [6.07, 6.45) is 21.6. The summed E-state index contributed by atoms with van der Waals surface area (Å²) in [6, 6.07) is -0.333. The normalized spacial score (nSPS) is 12.6. The molecule has 0 radical (unpaired) electrons. The summed E-state index contributed by atoms with van der Waals surface area (Å²) in [5, 5.41) is 2.87. The lowest BCUT2D eigenvalue weighted by atomic mass is 10.0. The fourth-order valence-electron chi connectivity index (χ4n) is 3.34. The fraction of sp³-hybridized carbons (Fsp3) is 0.833. The van der Waals surface area contributed by atoms with E-state index in [-0.39, 0.29) is 23.7 Å². The van der Waals surface area contributed by atoms with Gasteiger partial charge in [0, 0.05) is 6.42 Å². The van der Waals surface area contributed by atoms with Crippen molar-refractivity contribution in [3.63, 3.8) is 0 Å². The molecule has 0 aromatic heterocycles. The molecule has 0 unspecified atom stereocenters. The molecule has 0 aliphatic carbocycles. The van der Waals surface area contributed by atoms with E-state index in [0.29, 0.717) is 6.42 Å². The number of hydrogen-bond acceptors (Lipinski definition) is 2. The van der Waals surface area contributed by atoms with Gasteiger partial charge in [0.1, 0.15) is 0 Å². The summed E-state index contributed by atoms with van der Waals surface area (Å²) in [7, 11) is 0. The maximum atomic E-state index is 11.9. The maximum Gasteiger partial charge on any atom is 0.220 e. The van der Waals surface area contributed by atoms with Gasteiger partial charge in [-0.15, -0.1) is 0 Å². The third kappa shape index (κ3) is 16.8. The van der Waals surface area contributed by atoms with Gasteiger partial charge in [-0.3, -0.25) is 9.59 Å². The first-order valence-corrected chi connectivity index (χ1v) is 11.4. The van der Waals surface area contributed by atoms with Crippen molar-refractivity contribution in [2.45, 2.75) is 124 Å². The summed E-state index contributed by atoms with van der Waals surface area (Å²) in [5.74, 6) is 0.213. The molecule has 158 valence electrons. The molecule has 3 nitrogen and oxygen atoms in total. The summed E-state index contributed by atoms with van der Waals surface area (Å²) < 4.78 is 0. The zero-order valence-electron chi connectivity index (χ0n) is 18.5. The molecule has 0 aromatic rings. The minimum absolute atomic E-state index is 0.0153. The van der Waals surface area contributed by atoms with Crippen LogP contribution in [0.25, 0.3) is 0 Å². The molecule has 3 heteroatoms. The third-order valence-electron chi connectivity index (χ3n) is 5.09. The van der Waals surface area contributed by atoms with Gasteiger partial charge < -0.3 is 5.32 Å². The quantitative estimate of drug-likeness (QED) is 0.211. The smallest absolute Gasteiger partial charge is 0.220 e. The van der Waals surface area contributed by atoms with E-state index in [9.17, 15) is 9.59 Å². The third-order valence-corrected chi connectivity index (χ3v) is 5.09. The molecular weight excluding hydrogens is 334 g/mol. The van der Waals surface area contributed by atoms with E-state index in [4.69, 9.17) is 0 Å². The molecular formula is C24H45NO2. The predicted octanol–water partition coefficient (Wildman–Crippen LogP) is 6.75. The largest absolute Gasteiger partial charge is 0.346 e. The van der Waals surface area contributed by atoms with Crippen LogP contribution in [0.15, 0.2) is 12.2 Å². The molecule has 1 amide bonds. The average molecular weight is 380 g/mol. The Balaban J connectivity index is 3.45. The summed E-state index contributed by atoms with van der Waals surface area (Å²) >= 11 is 0. The van der Waals surface area contributed by atoms with Crippen LogP contribution >= 0.6 is 0 Å². The zero-order valence-corrected chi connectivity index (χ0v) is 18.5. The first-order valence-electron chi connectivity index (χ1n) is 11.4. The highest BCUT2D eigenvalue weighted by molar-refractivity contribution is 5.87. The second-order valence-corrected chi connectivity index (χ2v) is 8.23. The van der Waals surface area contributed by atoms with Gasteiger partial charge in [-0.05, 0) is 44.9 Å². The molecule has 0 fully saturated rings. The van der Waals surface area contributed by atoms with Crippen molar-refractivity contribution in [3.8, 4) is 0 Å². The van der Waals surface area contributed by atoms with Crippen LogP contribution in [0.4, 0.5) is 0 Å². The first-order chi connectivity index (χ1) is 13.0. The Morgan fingerprint density at radius 3 is 1.74 bits per heavy atom. The Labute approximate surface area is 168 Å². The van der Waals surface area contributed by atoms with Crippen molar-refractivity contribution >= 4 is 11.7 Å². The van der Waals surface area contributed by atoms with Crippen molar-refractivity contribution < 1.29 is 9.59 Å². The van der Waals surface area contributed by atoms with Gasteiger partial charge in [0.15, 0.2) is 5.78 Å². The number of ketones is 1. The molecule has 0 aliphatic rings. The van der Waals surface area contributed by atoms with Crippen molar-refractivity contribution in [2.75, 3.05) is 0 Å².